The van der Waals surface area contributed by atoms with Crippen LogP contribution < -0.4 is 0 Å². The molecule has 0 atom stereocenters. The number of phenols is 2. The van der Waals surface area contributed by atoms with E-state index in [1.807, 2.05) is 0 Å². The Hall–Kier alpha value is -5.03. The Labute approximate surface area is 268 Å². The van der Waals surface area contributed by atoms with Crippen molar-refractivity contribution in [1.82, 2.24) is 9.80 Å². The van der Waals surface area contributed by atoms with E-state index in [9.17, 15) is 58.2 Å². The second-order valence-electron chi connectivity index (χ2n) is 11.2. The van der Waals surface area contributed by atoms with E-state index >= 15 is 0 Å². The Kier molecular flexibility index (Phi) is 9.91. The molecule has 250 valence electrons. The molecule has 0 radical (unpaired) electrons. The minimum Gasteiger partial charge on any atom is -0.508 e. The molecule has 0 aliphatic carbocycles. The van der Waals surface area contributed by atoms with Crippen LogP contribution in [0.15, 0.2) is 53.4 Å². The highest BCUT2D eigenvalue weighted by Crippen LogP contribution is 2.53. The summed E-state index contributed by atoms with van der Waals surface area (Å²) in [6, 6.07) is 11.3. The van der Waals surface area contributed by atoms with Gasteiger partial charge in [0.2, 0.25) is 0 Å². The van der Waals surface area contributed by atoms with Gasteiger partial charge in [0, 0.05) is 29.8 Å². The van der Waals surface area contributed by atoms with E-state index in [2.05, 4.69) is 0 Å². The lowest BCUT2D eigenvalue weighted by Gasteiger charge is -2.34. The Morgan fingerprint density at radius 1 is 0.660 bits per heavy atom. The summed E-state index contributed by atoms with van der Waals surface area (Å²) in [6.07, 6.45) is 0. The SMILES string of the molecule is Cc1cc(O)c(CN(CC(=O)O)CC(=O)O)cc1C1(c2cc(CN(CC(=O)O)CC(=O)O)c(O)cc2C)OS(=O)(=O)c2ccccc21. The second kappa shape index (κ2) is 13.4. The third-order valence-electron chi connectivity index (χ3n) is 7.60. The van der Waals surface area contributed by atoms with Gasteiger partial charge in [-0.25, -0.2) is 4.18 Å². The van der Waals surface area contributed by atoms with Crippen LogP contribution in [0.25, 0.3) is 0 Å². The van der Waals surface area contributed by atoms with Gasteiger partial charge in [-0.3, -0.25) is 29.0 Å². The number of carboxylic acid groups (broad SMARTS) is 4. The van der Waals surface area contributed by atoms with E-state index < -0.39 is 65.8 Å². The predicted octanol–water partition coefficient (Wildman–Crippen LogP) is 1.67. The van der Waals surface area contributed by atoms with Crippen molar-refractivity contribution in [3.05, 3.63) is 87.5 Å². The summed E-state index contributed by atoms with van der Waals surface area (Å²) in [6.45, 7) is -0.309. The molecule has 0 amide bonds. The number of aryl methyl sites for hydroxylation is 2. The van der Waals surface area contributed by atoms with Crippen LogP contribution in [0.4, 0.5) is 0 Å². The van der Waals surface area contributed by atoms with Crippen LogP contribution in [0.1, 0.15) is 38.9 Å². The summed E-state index contributed by atoms with van der Waals surface area (Å²) < 4.78 is 33.2. The van der Waals surface area contributed by atoms with Crippen molar-refractivity contribution < 1.29 is 62.4 Å². The number of fused-ring (bicyclic) bond motifs is 1. The van der Waals surface area contributed by atoms with Gasteiger partial charge in [-0.2, -0.15) is 8.42 Å². The summed E-state index contributed by atoms with van der Waals surface area (Å²) in [5.41, 5.74) is -0.701. The molecule has 1 heterocycles. The number of nitrogens with zero attached hydrogens (tertiary/aromatic N) is 2. The van der Waals surface area contributed by atoms with Crippen LogP contribution in [-0.2, 0) is 52.2 Å². The van der Waals surface area contributed by atoms with Crippen LogP contribution in [0, 0.1) is 13.8 Å². The van der Waals surface area contributed by atoms with Crippen molar-refractivity contribution in [2.24, 2.45) is 0 Å². The normalized spacial score (nSPS) is 14.6. The van der Waals surface area contributed by atoms with E-state index in [1.165, 1.54) is 42.5 Å². The fourth-order valence-electron chi connectivity index (χ4n) is 5.82. The Morgan fingerprint density at radius 2 is 1.04 bits per heavy atom. The van der Waals surface area contributed by atoms with E-state index in [-0.39, 0.29) is 57.3 Å². The molecule has 0 spiro atoms. The molecule has 6 N–H and O–H groups in total. The lowest BCUT2D eigenvalue weighted by molar-refractivity contribution is -0.144. The highest BCUT2D eigenvalue weighted by molar-refractivity contribution is 7.87. The molecule has 1 aliphatic heterocycles. The first kappa shape index (κ1) is 34.8. The molecule has 0 fully saturated rings. The van der Waals surface area contributed by atoms with Crippen molar-refractivity contribution in [2.75, 3.05) is 26.2 Å². The molecule has 0 unspecified atom stereocenters. The number of hydrogen-bond acceptors (Lipinski definition) is 11. The van der Waals surface area contributed by atoms with Crippen LogP contribution in [0.2, 0.25) is 0 Å². The Morgan fingerprint density at radius 3 is 1.43 bits per heavy atom. The molecule has 4 rings (SSSR count). The molecule has 0 saturated carbocycles. The monoisotopic (exact) mass is 672 g/mol. The minimum atomic E-state index is -4.46. The molecule has 47 heavy (non-hydrogen) atoms. The zero-order valence-electron chi connectivity index (χ0n) is 25.2. The van der Waals surface area contributed by atoms with Crippen LogP contribution >= 0.6 is 0 Å². The van der Waals surface area contributed by atoms with Gasteiger partial charge in [0.25, 0.3) is 10.1 Å². The number of phenolic OH excluding ortho intramolecular Hbond substituents is 2. The summed E-state index contributed by atoms with van der Waals surface area (Å²) in [7, 11) is -4.46. The number of carbonyl (C=O) groups is 4. The van der Waals surface area contributed by atoms with Crippen molar-refractivity contribution in [1.29, 1.82) is 0 Å². The average Bonchev–Trinajstić information content (AvgIpc) is 3.17. The molecule has 16 heteroatoms. The maximum Gasteiger partial charge on any atom is 0.317 e. The minimum absolute atomic E-state index is 0.0589. The lowest BCUT2D eigenvalue weighted by Crippen LogP contribution is -2.35. The lowest BCUT2D eigenvalue weighted by atomic mass is 9.75. The quantitative estimate of drug-likeness (QED) is 0.134. The van der Waals surface area contributed by atoms with Crippen molar-refractivity contribution >= 4 is 34.0 Å². The van der Waals surface area contributed by atoms with Crippen molar-refractivity contribution in [3.8, 4) is 11.5 Å². The molecule has 0 bridgehead atoms. The standard InChI is InChI=1S/C31H32N2O13S/c1-17-7-24(34)19(11-32(13-27(36)37)14-28(38)39)9-22(17)31(21-5-3-4-6-26(21)47(44,45)46-31)23-10-20(25(35)8-18(23)2)12-33(15-29(40)41)16-30(42)43/h3-10,34-35H,11-16H2,1-2H3,(H,36,37)(H,38,39)(H,40,41)(H,42,43). The van der Waals surface area contributed by atoms with E-state index in [4.69, 9.17) is 4.18 Å². The van der Waals surface area contributed by atoms with Gasteiger partial charge < -0.3 is 30.6 Å². The highest BCUT2D eigenvalue weighted by atomic mass is 32.2. The second-order valence-corrected chi connectivity index (χ2v) is 12.7. The smallest absolute Gasteiger partial charge is 0.317 e. The van der Waals surface area contributed by atoms with E-state index in [0.29, 0.717) is 11.1 Å². The van der Waals surface area contributed by atoms with Gasteiger partial charge in [-0.15, -0.1) is 0 Å². The molecule has 1 aliphatic rings. The third-order valence-corrected chi connectivity index (χ3v) is 8.97. The van der Waals surface area contributed by atoms with E-state index in [0.717, 1.165) is 9.80 Å². The maximum absolute atomic E-state index is 13.6. The summed E-state index contributed by atoms with van der Waals surface area (Å²) in [4.78, 5) is 47.8. The Bertz CT molecular complexity index is 1750. The molecule has 15 nitrogen and oxygen atoms in total. The summed E-state index contributed by atoms with van der Waals surface area (Å²) in [5, 5.41) is 59.1. The van der Waals surface area contributed by atoms with Crippen LogP contribution in [0.3, 0.4) is 0 Å². The number of rotatable bonds is 14. The summed E-state index contributed by atoms with van der Waals surface area (Å²) >= 11 is 0. The van der Waals surface area contributed by atoms with Crippen LogP contribution in [0.5, 0.6) is 11.5 Å². The number of aliphatic carboxylic acids is 4. The fourth-order valence-corrected chi connectivity index (χ4v) is 7.24. The summed E-state index contributed by atoms with van der Waals surface area (Å²) in [5.74, 6) is -5.92. The van der Waals surface area contributed by atoms with Gasteiger partial charge in [0.1, 0.15) is 16.4 Å². The van der Waals surface area contributed by atoms with Crippen molar-refractivity contribution in [2.45, 2.75) is 37.4 Å². The largest absolute Gasteiger partial charge is 0.508 e. The van der Waals surface area contributed by atoms with Gasteiger partial charge in [0.15, 0.2) is 5.60 Å². The molecule has 3 aromatic rings. The fraction of sp³-hybridized carbons (Fsp3) is 0.290. The van der Waals surface area contributed by atoms with Crippen molar-refractivity contribution in [3.63, 3.8) is 0 Å². The first-order valence-electron chi connectivity index (χ1n) is 14.0. The molecular weight excluding hydrogens is 640 g/mol. The zero-order chi connectivity index (χ0) is 34.8. The predicted molar refractivity (Wildman–Crippen MR) is 161 cm³/mol. The third kappa shape index (κ3) is 7.36. The van der Waals surface area contributed by atoms with Crippen LogP contribution in [-0.4, -0.2) is 98.9 Å². The molecule has 0 saturated heterocycles. The first-order valence-corrected chi connectivity index (χ1v) is 15.4. The highest BCUT2D eigenvalue weighted by Gasteiger charge is 2.53. The molecule has 0 aromatic heterocycles. The average molecular weight is 673 g/mol. The number of benzene rings is 3. The molecular formula is C31H32N2O13S. The van der Waals surface area contributed by atoms with Gasteiger partial charge in [0.05, 0.1) is 26.2 Å². The van der Waals surface area contributed by atoms with Gasteiger partial charge >= 0.3 is 23.9 Å². The first-order chi connectivity index (χ1) is 21.9. The topological polar surface area (TPSA) is 240 Å². The molecule has 3 aromatic carbocycles. The Balaban J connectivity index is 2.01. The number of hydrogen-bond donors (Lipinski definition) is 6. The van der Waals surface area contributed by atoms with Gasteiger partial charge in [-0.1, -0.05) is 18.2 Å². The number of aromatic hydroxyl groups is 2. The van der Waals surface area contributed by atoms with E-state index in [1.54, 1.807) is 19.9 Å². The van der Waals surface area contributed by atoms with Gasteiger partial charge in [-0.05, 0) is 66.4 Å². The number of carboxylic acids is 4. The zero-order valence-corrected chi connectivity index (χ0v) is 26.0. The maximum atomic E-state index is 13.6.